The molecule has 4 rings (SSSR count). The van der Waals surface area contributed by atoms with Crippen molar-refractivity contribution < 1.29 is 14.3 Å². The van der Waals surface area contributed by atoms with Crippen molar-refractivity contribution >= 4 is 16.9 Å². The minimum Gasteiger partial charge on any atom is -0.481 e. The van der Waals surface area contributed by atoms with Crippen molar-refractivity contribution in [3.8, 4) is 5.69 Å². The number of rotatable bonds is 5. The third-order valence-electron chi connectivity index (χ3n) is 6.47. The van der Waals surface area contributed by atoms with Gasteiger partial charge in [-0.15, -0.1) is 0 Å². The lowest BCUT2D eigenvalue weighted by molar-refractivity contribution is -0.149. The Morgan fingerprint density at radius 1 is 1.14 bits per heavy atom. The molecule has 29 heavy (non-hydrogen) atoms. The zero-order valence-corrected chi connectivity index (χ0v) is 16.9. The van der Waals surface area contributed by atoms with E-state index in [0.717, 1.165) is 35.0 Å². The first-order chi connectivity index (χ1) is 13.9. The summed E-state index contributed by atoms with van der Waals surface area (Å²) in [7, 11) is 0. The van der Waals surface area contributed by atoms with E-state index in [0.29, 0.717) is 5.92 Å². The summed E-state index contributed by atoms with van der Waals surface area (Å²) in [6.45, 7) is 3.70. The number of benzene rings is 2. The molecule has 0 bridgehead atoms. The molecule has 1 aromatic heterocycles. The largest absolute Gasteiger partial charge is 0.481 e. The maximum Gasteiger partial charge on any atom is 0.309 e. The molecule has 1 fully saturated rings. The van der Waals surface area contributed by atoms with Crippen LogP contribution in [0.2, 0.25) is 0 Å². The van der Waals surface area contributed by atoms with Crippen LogP contribution in [0.15, 0.2) is 48.7 Å². The highest BCUT2D eigenvalue weighted by Crippen LogP contribution is 2.47. The second-order valence-corrected chi connectivity index (χ2v) is 8.75. The number of carboxylic acid groups (broad SMARTS) is 1. The van der Waals surface area contributed by atoms with E-state index in [4.69, 9.17) is 0 Å². The summed E-state index contributed by atoms with van der Waals surface area (Å²) in [4.78, 5) is 12.1. The summed E-state index contributed by atoms with van der Waals surface area (Å²) >= 11 is 0. The number of nitrogens with zero attached hydrogens (tertiary/aromatic N) is 2. The van der Waals surface area contributed by atoms with Gasteiger partial charge in [-0.05, 0) is 74.6 Å². The molecule has 5 heteroatoms. The summed E-state index contributed by atoms with van der Waals surface area (Å²) in [5.41, 5.74) is 1.94. The first-order valence-electron chi connectivity index (χ1n) is 10.3. The Balaban J connectivity index is 1.76. The predicted molar refractivity (Wildman–Crippen MR) is 112 cm³/mol. The van der Waals surface area contributed by atoms with Gasteiger partial charge in [-0.1, -0.05) is 25.3 Å². The summed E-state index contributed by atoms with van der Waals surface area (Å²) < 4.78 is 15.0. The van der Waals surface area contributed by atoms with Crippen LogP contribution < -0.4 is 0 Å². The summed E-state index contributed by atoms with van der Waals surface area (Å²) in [5, 5.41) is 15.4. The molecule has 1 heterocycles. The molecule has 1 unspecified atom stereocenters. The molecule has 1 N–H and O–H groups in total. The molecular formula is C24H27FN2O2. The van der Waals surface area contributed by atoms with Crippen LogP contribution in [0.4, 0.5) is 4.39 Å². The van der Waals surface area contributed by atoms with E-state index in [9.17, 15) is 14.3 Å². The van der Waals surface area contributed by atoms with Crippen molar-refractivity contribution in [1.82, 2.24) is 9.78 Å². The van der Waals surface area contributed by atoms with E-state index in [-0.39, 0.29) is 11.7 Å². The van der Waals surface area contributed by atoms with Crippen LogP contribution in [0.3, 0.4) is 0 Å². The van der Waals surface area contributed by atoms with E-state index in [2.05, 4.69) is 11.2 Å². The van der Waals surface area contributed by atoms with Crippen LogP contribution in [0.5, 0.6) is 0 Å². The topological polar surface area (TPSA) is 55.1 Å². The van der Waals surface area contributed by atoms with Crippen molar-refractivity contribution in [2.45, 2.75) is 51.9 Å². The first kappa shape index (κ1) is 19.6. The minimum absolute atomic E-state index is 0.0427. The van der Waals surface area contributed by atoms with E-state index in [1.54, 1.807) is 23.0 Å². The van der Waals surface area contributed by atoms with Gasteiger partial charge in [0.15, 0.2) is 0 Å². The maximum atomic E-state index is 13.3. The standard InChI is InChI=1S/C24H27FN2O2/c1-24(2,23(28)29)22(16-6-4-3-5-7-16)17-8-13-21-18(14-17)15-26-27(21)20-11-9-19(25)10-12-20/h8-16,22H,3-7H2,1-2H3,(H,28,29). The number of halogens is 1. The average Bonchev–Trinajstić information content (AvgIpc) is 3.12. The fourth-order valence-corrected chi connectivity index (χ4v) is 4.91. The number of hydrogen-bond acceptors (Lipinski definition) is 2. The van der Waals surface area contributed by atoms with Crippen LogP contribution in [0, 0.1) is 17.2 Å². The lowest BCUT2D eigenvalue weighted by Gasteiger charge is -2.39. The molecule has 1 aliphatic rings. The second kappa shape index (κ2) is 7.62. The third-order valence-corrected chi connectivity index (χ3v) is 6.47. The lowest BCUT2D eigenvalue weighted by atomic mass is 9.64. The maximum absolute atomic E-state index is 13.3. The normalized spacial score (nSPS) is 16.8. The molecule has 1 saturated carbocycles. The average molecular weight is 394 g/mol. The van der Waals surface area contributed by atoms with Gasteiger partial charge >= 0.3 is 5.97 Å². The number of aliphatic carboxylic acids is 1. The van der Waals surface area contributed by atoms with Crippen molar-refractivity contribution in [1.29, 1.82) is 0 Å². The number of fused-ring (bicyclic) bond motifs is 1. The van der Waals surface area contributed by atoms with Gasteiger partial charge in [-0.2, -0.15) is 5.10 Å². The SMILES string of the molecule is CC(C)(C(=O)O)C(c1ccc2c(cnn2-c2ccc(F)cc2)c1)C1CCCCC1. The predicted octanol–water partition coefficient (Wildman–Crippen LogP) is 5.94. The van der Waals surface area contributed by atoms with Gasteiger partial charge in [0.1, 0.15) is 5.82 Å². The van der Waals surface area contributed by atoms with Crippen LogP contribution in [0.1, 0.15) is 57.4 Å². The van der Waals surface area contributed by atoms with E-state index in [1.165, 1.54) is 31.4 Å². The Kier molecular flexibility index (Phi) is 5.15. The number of aromatic nitrogens is 2. The number of hydrogen-bond donors (Lipinski definition) is 1. The fraction of sp³-hybridized carbons (Fsp3) is 0.417. The first-order valence-corrected chi connectivity index (χ1v) is 10.3. The fourth-order valence-electron chi connectivity index (χ4n) is 4.91. The van der Waals surface area contributed by atoms with Crippen LogP contribution in [-0.4, -0.2) is 20.9 Å². The lowest BCUT2D eigenvalue weighted by Crippen LogP contribution is -2.36. The Labute approximate surface area is 170 Å². The number of carbonyl (C=O) groups is 1. The zero-order valence-electron chi connectivity index (χ0n) is 16.9. The monoisotopic (exact) mass is 394 g/mol. The van der Waals surface area contributed by atoms with Gasteiger partial charge in [-0.3, -0.25) is 4.79 Å². The van der Waals surface area contributed by atoms with Gasteiger partial charge in [0.2, 0.25) is 0 Å². The Hall–Kier alpha value is -2.69. The van der Waals surface area contributed by atoms with Crippen LogP contribution in [-0.2, 0) is 4.79 Å². The molecule has 2 aromatic carbocycles. The van der Waals surface area contributed by atoms with E-state index >= 15 is 0 Å². The molecule has 3 aromatic rings. The molecule has 0 amide bonds. The molecular weight excluding hydrogens is 367 g/mol. The molecule has 1 atom stereocenters. The van der Waals surface area contributed by atoms with Crippen molar-refractivity contribution in [2.75, 3.05) is 0 Å². The molecule has 0 radical (unpaired) electrons. The van der Waals surface area contributed by atoms with E-state index in [1.807, 2.05) is 26.0 Å². The molecule has 0 aliphatic heterocycles. The van der Waals surface area contributed by atoms with Gasteiger partial charge < -0.3 is 5.11 Å². The van der Waals surface area contributed by atoms with Gasteiger partial charge in [0.05, 0.1) is 22.8 Å². The van der Waals surface area contributed by atoms with Gasteiger partial charge in [-0.25, -0.2) is 9.07 Å². The molecule has 0 spiro atoms. The highest BCUT2D eigenvalue weighted by Gasteiger charge is 2.42. The molecule has 152 valence electrons. The summed E-state index contributed by atoms with van der Waals surface area (Å²) in [6, 6.07) is 12.4. The Morgan fingerprint density at radius 3 is 2.48 bits per heavy atom. The summed E-state index contributed by atoms with van der Waals surface area (Å²) in [6.07, 6.45) is 7.53. The van der Waals surface area contributed by atoms with Crippen LogP contribution >= 0.6 is 0 Å². The van der Waals surface area contributed by atoms with Crippen LogP contribution in [0.25, 0.3) is 16.6 Å². The molecule has 4 nitrogen and oxygen atoms in total. The van der Waals surface area contributed by atoms with Gasteiger partial charge in [0.25, 0.3) is 0 Å². The smallest absolute Gasteiger partial charge is 0.309 e. The zero-order chi connectivity index (χ0) is 20.6. The van der Waals surface area contributed by atoms with Crippen molar-refractivity contribution in [2.24, 2.45) is 11.3 Å². The second-order valence-electron chi connectivity index (χ2n) is 8.75. The Bertz CT molecular complexity index is 1020. The van der Waals surface area contributed by atoms with Gasteiger partial charge in [0, 0.05) is 11.3 Å². The molecule has 1 aliphatic carbocycles. The molecule has 0 saturated heterocycles. The quantitative estimate of drug-likeness (QED) is 0.583. The van der Waals surface area contributed by atoms with Crippen molar-refractivity contribution in [3.63, 3.8) is 0 Å². The highest BCUT2D eigenvalue weighted by atomic mass is 19.1. The summed E-state index contributed by atoms with van der Waals surface area (Å²) in [5.74, 6) is -0.702. The highest BCUT2D eigenvalue weighted by molar-refractivity contribution is 5.82. The third kappa shape index (κ3) is 3.66. The number of carboxylic acids is 1. The Morgan fingerprint density at radius 2 is 1.83 bits per heavy atom. The minimum atomic E-state index is -0.845. The van der Waals surface area contributed by atoms with Crippen molar-refractivity contribution in [3.05, 3.63) is 60.0 Å². The van der Waals surface area contributed by atoms with E-state index < -0.39 is 11.4 Å².